The molecule has 1 fully saturated rings. The Morgan fingerprint density at radius 3 is 2.23 bits per heavy atom. The molecule has 1 heteroatoms. The molecule has 0 heterocycles. The number of rotatable bonds is 2. The lowest BCUT2D eigenvalue weighted by molar-refractivity contribution is 0.150. The van der Waals surface area contributed by atoms with Gasteiger partial charge in [-0.15, -0.1) is 0 Å². The summed E-state index contributed by atoms with van der Waals surface area (Å²) in [5.74, 6) is 0. The summed E-state index contributed by atoms with van der Waals surface area (Å²) in [7, 11) is 0. The highest BCUT2D eigenvalue weighted by molar-refractivity contribution is 5.35. The van der Waals surface area contributed by atoms with Crippen LogP contribution in [0.1, 0.15) is 29.5 Å². The summed E-state index contributed by atoms with van der Waals surface area (Å²) in [6.45, 7) is 4.24. The summed E-state index contributed by atoms with van der Waals surface area (Å²) in [5.41, 5.74) is 3.58. The van der Waals surface area contributed by atoms with E-state index in [4.69, 9.17) is 0 Å². The average molecular weight is 176 g/mol. The summed E-state index contributed by atoms with van der Waals surface area (Å²) >= 11 is 0. The van der Waals surface area contributed by atoms with E-state index in [0.717, 1.165) is 19.3 Å². The van der Waals surface area contributed by atoms with Crippen LogP contribution >= 0.6 is 0 Å². The fourth-order valence-electron chi connectivity index (χ4n) is 1.78. The number of aliphatic hydroxyl groups is 1. The number of hydrogen-bond acceptors (Lipinski definition) is 1. The van der Waals surface area contributed by atoms with Crippen LogP contribution in [0.4, 0.5) is 0 Å². The molecule has 1 aliphatic carbocycles. The third-order valence-corrected chi connectivity index (χ3v) is 2.98. The van der Waals surface area contributed by atoms with Crippen molar-refractivity contribution < 1.29 is 5.11 Å². The Hall–Kier alpha value is -0.820. The largest absolute Gasteiger partial charge is 0.390 e. The minimum absolute atomic E-state index is 0.364. The summed E-state index contributed by atoms with van der Waals surface area (Å²) < 4.78 is 0. The molecule has 0 unspecified atom stereocenters. The van der Waals surface area contributed by atoms with Crippen LogP contribution < -0.4 is 0 Å². The Morgan fingerprint density at radius 1 is 1.23 bits per heavy atom. The fourth-order valence-corrected chi connectivity index (χ4v) is 1.78. The second kappa shape index (κ2) is 2.85. The van der Waals surface area contributed by atoms with Gasteiger partial charge in [0.25, 0.3) is 0 Å². The molecule has 0 bridgehead atoms. The zero-order valence-corrected chi connectivity index (χ0v) is 8.30. The van der Waals surface area contributed by atoms with Gasteiger partial charge in [0.05, 0.1) is 5.60 Å². The highest BCUT2D eigenvalue weighted by atomic mass is 16.3. The molecular weight excluding hydrogens is 160 g/mol. The first kappa shape index (κ1) is 8.76. The normalized spacial score (nSPS) is 18.7. The highest BCUT2D eigenvalue weighted by Gasteiger charge is 2.40. The summed E-state index contributed by atoms with van der Waals surface area (Å²) in [6.07, 6.45) is 2.78. The molecule has 0 atom stereocenters. The average Bonchev–Trinajstić information content (AvgIpc) is 2.78. The molecule has 0 spiro atoms. The van der Waals surface area contributed by atoms with Crippen LogP contribution in [0.25, 0.3) is 0 Å². The molecule has 1 N–H and O–H groups in total. The van der Waals surface area contributed by atoms with Crippen molar-refractivity contribution in [2.75, 3.05) is 0 Å². The van der Waals surface area contributed by atoms with Crippen LogP contribution in [0, 0.1) is 13.8 Å². The van der Waals surface area contributed by atoms with Crippen LogP contribution in [0.3, 0.4) is 0 Å². The monoisotopic (exact) mass is 176 g/mol. The van der Waals surface area contributed by atoms with Crippen molar-refractivity contribution in [2.45, 2.75) is 38.7 Å². The molecule has 0 aliphatic heterocycles. The second-order valence-electron chi connectivity index (χ2n) is 4.27. The molecule has 2 rings (SSSR count). The van der Waals surface area contributed by atoms with Crippen LogP contribution in [-0.2, 0) is 6.42 Å². The van der Waals surface area contributed by atoms with E-state index < -0.39 is 0 Å². The lowest BCUT2D eigenvalue weighted by Gasteiger charge is -2.12. The highest BCUT2D eigenvalue weighted by Crippen LogP contribution is 2.39. The van der Waals surface area contributed by atoms with Crippen molar-refractivity contribution in [2.24, 2.45) is 0 Å². The number of aryl methyl sites for hydroxylation is 2. The van der Waals surface area contributed by atoms with Crippen LogP contribution in [0.2, 0.25) is 0 Å². The third-order valence-electron chi connectivity index (χ3n) is 2.98. The third kappa shape index (κ3) is 1.75. The predicted octanol–water partition coefficient (Wildman–Crippen LogP) is 2.37. The molecule has 1 aromatic rings. The molecular formula is C12H16O. The van der Waals surface area contributed by atoms with E-state index in [1.54, 1.807) is 0 Å². The van der Waals surface area contributed by atoms with Gasteiger partial charge in [-0.25, -0.2) is 0 Å². The first-order valence-corrected chi connectivity index (χ1v) is 4.88. The van der Waals surface area contributed by atoms with E-state index >= 15 is 0 Å². The molecule has 13 heavy (non-hydrogen) atoms. The molecule has 1 aromatic carbocycles. The quantitative estimate of drug-likeness (QED) is 0.733. The predicted molar refractivity (Wildman–Crippen MR) is 53.8 cm³/mol. The Balaban J connectivity index is 2.28. The van der Waals surface area contributed by atoms with Crippen molar-refractivity contribution in [3.8, 4) is 0 Å². The van der Waals surface area contributed by atoms with Crippen molar-refractivity contribution in [1.82, 2.24) is 0 Å². The van der Waals surface area contributed by atoms with E-state index in [-0.39, 0.29) is 5.60 Å². The zero-order valence-electron chi connectivity index (χ0n) is 8.30. The van der Waals surface area contributed by atoms with Crippen LogP contribution in [0.5, 0.6) is 0 Å². The summed E-state index contributed by atoms with van der Waals surface area (Å²) in [6, 6.07) is 6.31. The van der Waals surface area contributed by atoms with Gasteiger partial charge in [-0.05, 0) is 43.4 Å². The number of hydrogen-bond donors (Lipinski definition) is 1. The standard InChI is InChI=1S/C12H16O/c1-9-4-3-5-10(2)11(9)8-12(13)6-7-12/h3-5,13H,6-8H2,1-2H3. The Bertz CT molecular complexity index is 304. The van der Waals surface area contributed by atoms with Gasteiger partial charge in [0.1, 0.15) is 0 Å². The van der Waals surface area contributed by atoms with Gasteiger partial charge in [0, 0.05) is 6.42 Å². The Kier molecular flexibility index (Phi) is 1.92. The van der Waals surface area contributed by atoms with Gasteiger partial charge in [-0.1, -0.05) is 18.2 Å². The molecule has 1 aliphatic rings. The Morgan fingerprint density at radius 2 is 1.77 bits per heavy atom. The molecule has 0 amide bonds. The van der Waals surface area contributed by atoms with Gasteiger partial charge < -0.3 is 5.11 Å². The molecule has 1 saturated carbocycles. The van der Waals surface area contributed by atoms with Gasteiger partial charge in [0.15, 0.2) is 0 Å². The first-order valence-electron chi connectivity index (χ1n) is 4.88. The molecule has 1 nitrogen and oxygen atoms in total. The van der Waals surface area contributed by atoms with E-state index in [1.807, 2.05) is 0 Å². The summed E-state index contributed by atoms with van der Waals surface area (Å²) in [4.78, 5) is 0. The number of benzene rings is 1. The van der Waals surface area contributed by atoms with Gasteiger partial charge in [0.2, 0.25) is 0 Å². The van der Waals surface area contributed by atoms with E-state index in [9.17, 15) is 5.11 Å². The van der Waals surface area contributed by atoms with E-state index in [1.165, 1.54) is 16.7 Å². The molecule has 0 saturated heterocycles. The van der Waals surface area contributed by atoms with Crippen molar-refractivity contribution >= 4 is 0 Å². The SMILES string of the molecule is Cc1cccc(C)c1CC1(O)CC1. The van der Waals surface area contributed by atoms with Crippen LogP contribution in [0.15, 0.2) is 18.2 Å². The maximum Gasteiger partial charge on any atom is 0.0690 e. The fraction of sp³-hybridized carbons (Fsp3) is 0.500. The molecule has 0 radical (unpaired) electrons. The maximum absolute atomic E-state index is 9.83. The first-order chi connectivity index (χ1) is 6.11. The van der Waals surface area contributed by atoms with Crippen molar-refractivity contribution in [1.29, 1.82) is 0 Å². The molecule has 70 valence electrons. The topological polar surface area (TPSA) is 20.2 Å². The van der Waals surface area contributed by atoms with Gasteiger partial charge in [-0.2, -0.15) is 0 Å². The zero-order chi connectivity index (χ0) is 9.47. The lowest BCUT2D eigenvalue weighted by atomic mass is 9.97. The van der Waals surface area contributed by atoms with E-state index in [0.29, 0.717) is 0 Å². The Labute approximate surface area is 79.4 Å². The maximum atomic E-state index is 9.83. The minimum atomic E-state index is -0.364. The van der Waals surface area contributed by atoms with E-state index in [2.05, 4.69) is 32.0 Å². The van der Waals surface area contributed by atoms with Crippen molar-refractivity contribution in [3.05, 3.63) is 34.9 Å². The smallest absolute Gasteiger partial charge is 0.0690 e. The van der Waals surface area contributed by atoms with Gasteiger partial charge in [-0.3, -0.25) is 0 Å². The minimum Gasteiger partial charge on any atom is -0.390 e. The molecule has 0 aromatic heterocycles. The van der Waals surface area contributed by atoms with Crippen molar-refractivity contribution in [3.63, 3.8) is 0 Å². The van der Waals surface area contributed by atoms with Crippen LogP contribution in [-0.4, -0.2) is 10.7 Å². The lowest BCUT2D eigenvalue weighted by Crippen LogP contribution is -2.12. The second-order valence-corrected chi connectivity index (χ2v) is 4.27. The summed E-state index contributed by atoms with van der Waals surface area (Å²) in [5, 5.41) is 9.83. The van der Waals surface area contributed by atoms with Gasteiger partial charge >= 0.3 is 0 Å².